The molecule has 8 nitrogen and oxygen atoms in total. The summed E-state index contributed by atoms with van der Waals surface area (Å²) in [6.07, 6.45) is 2.33. The van der Waals surface area contributed by atoms with Crippen LogP contribution >= 0.6 is 0 Å². The SMILES string of the molecule is C=C[C@@]1(C)CC(=O)[C@]2(O)[C@@]3(C)[C@@H](O)CCC(C)(C)[C@@H]3[C@H](OC(=O)CCN3CCCCC3)[C@H](O)[C@@]2(C)O1. The molecule has 4 aliphatic rings. The summed E-state index contributed by atoms with van der Waals surface area (Å²) in [6, 6.07) is 0. The third-order valence-corrected chi connectivity index (χ3v) is 10.1. The zero-order chi connectivity index (χ0) is 26.7. The first-order valence-electron chi connectivity index (χ1n) is 13.5. The van der Waals surface area contributed by atoms with Crippen LogP contribution in [0.1, 0.15) is 79.6 Å². The number of esters is 1. The summed E-state index contributed by atoms with van der Waals surface area (Å²) < 4.78 is 12.4. The number of fused-ring (bicyclic) bond motifs is 3. The number of aliphatic hydroxyl groups is 3. The van der Waals surface area contributed by atoms with E-state index >= 15 is 0 Å². The molecule has 0 radical (unpaired) electrons. The fourth-order valence-corrected chi connectivity index (χ4v) is 8.05. The number of hydrogen-bond acceptors (Lipinski definition) is 8. The van der Waals surface area contributed by atoms with Gasteiger partial charge in [-0.1, -0.05) is 33.3 Å². The minimum Gasteiger partial charge on any atom is -0.459 e. The molecule has 2 heterocycles. The summed E-state index contributed by atoms with van der Waals surface area (Å²) in [6.45, 7) is 15.1. The number of likely N-dealkylation sites (tertiary alicyclic amines) is 1. The van der Waals surface area contributed by atoms with Crippen LogP contribution in [0.25, 0.3) is 0 Å². The first-order valence-corrected chi connectivity index (χ1v) is 13.5. The summed E-state index contributed by atoms with van der Waals surface area (Å²) in [7, 11) is 0. The smallest absolute Gasteiger partial charge is 0.307 e. The third-order valence-electron chi connectivity index (χ3n) is 10.1. The number of carbonyl (C=O) groups is 2. The van der Waals surface area contributed by atoms with Gasteiger partial charge in [0, 0.05) is 24.3 Å². The predicted octanol–water partition coefficient (Wildman–Crippen LogP) is 2.38. The normalized spacial score (nSPS) is 46.9. The molecule has 0 unspecified atom stereocenters. The molecule has 0 bridgehead atoms. The van der Waals surface area contributed by atoms with E-state index in [2.05, 4.69) is 11.5 Å². The average molecular weight is 508 g/mol. The van der Waals surface area contributed by atoms with Crippen LogP contribution in [0.5, 0.6) is 0 Å². The van der Waals surface area contributed by atoms with Crippen LogP contribution in [0.2, 0.25) is 0 Å². The van der Waals surface area contributed by atoms with Crippen LogP contribution in [0.15, 0.2) is 12.7 Å². The van der Waals surface area contributed by atoms with Crippen LogP contribution in [-0.4, -0.2) is 86.7 Å². The molecule has 0 aromatic rings. The topological polar surface area (TPSA) is 117 Å². The van der Waals surface area contributed by atoms with Gasteiger partial charge < -0.3 is 29.7 Å². The fraction of sp³-hybridized carbons (Fsp3) is 0.857. The molecule has 36 heavy (non-hydrogen) atoms. The van der Waals surface area contributed by atoms with Crippen LogP contribution < -0.4 is 0 Å². The maximum atomic E-state index is 13.8. The van der Waals surface area contributed by atoms with Gasteiger partial charge in [0.25, 0.3) is 0 Å². The van der Waals surface area contributed by atoms with E-state index in [0.717, 1.165) is 25.9 Å². The van der Waals surface area contributed by atoms with E-state index in [1.165, 1.54) is 19.4 Å². The van der Waals surface area contributed by atoms with Crippen molar-refractivity contribution in [1.82, 2.24) is 4.90 Å². The largest absolute Gasteiger partial charge is 0.459 e. The van der Waals surface area contributed by atoms with Gasteiger partial charge in [-0.3, -0.25) is 9.59 Å². The highest BCUT2D eigenvalue weighted by atomic mass is 16.6. The lowest BCUT2D eigenvalue weighted by molar-refractivity contribution is -0.370. The van der Waals surface area contributed by atoms with Crippen molar-refractivity contribution in [3.05, 3.63) is 12.7 Å². The number of ketones is 1. The number of nitrogens with zero attached hydrogens (tertiary/aromatic N) is 1. The maximum absolute atomic E-state index is 13.8. The molecule has 2 aliphatic heterocycles. The summed E-state index contributed by atoms with van der Waals surface area (Å²) in [4.78, 5) is 29.2. The highest BCUT2D eigenvalue weighted by molar-refractivity contribution is 5.92. The number of hydrogen-bond donors (Lipinski definition) is 3. The average Bonchev–Trinajstić information content (AvgIpc) is 2.82. The second-order valence-corrected chi connectivity index (χ2v) is 12.9. The Morgan fingerprint density at radius 1 is 1.17 bits per heavy atom. The predicted molar refractivity (Wildman–Crippen MR) is 134 cm³/mol. The Morgan fingerprint density at radius 2 is 1.81 bits per heavy atom. The van der Waals surface area contributed by atoms with Crippen molar-refractivity contribution in [1.29, 1.82) is 0 Å². The monoisotopic (exact) mass is 507 g/mol. The van der Waals surface area contributed by atoms with Crippen molar-refractivity contribution in [3.63, 3.8) is 0 Å². The minimum absolute atomic E-state index is 0.134. The third kappa shape index (κ3) is 3.90. The summed E-state index contributed by atoms with van der Waals surface area (Å²) in [5, 5.41) is 35.6. The quantitative estimate of drug-likeness (QED) is 0.384. The van der Waals surface area contributed by atoms with E-state index < -0.39 is 63.6 Å². The van der Waals surface area contributed by atoms with Gasteiger partial charge >= 0.3 is 5.97 Å². The Morgan fingerprint density at radius 3 is 2.42 bits per heavy atom. The molecule has 2 saturated carbocycles. The molecule has 2 aliphatic carbocycles. The van der Waals surface area contributed by atoms with Crippen LogP contribution in [0.4, 0.5) is 0 Å². The molecule has 4 rings (SSSR count). The Balaban J connectivity index is 1.74. The first-order chi connectivity index (χ1) is 16.7. The first kappa shape index (κ1) is 27.7. The fourth-order valence-electron chi connectivity index (χ4n) is 8.05. The van der Waals surface area contributed by atoms with Crippen LogP contribution in [-0.2, 0) is 19.1 Å². The summed E-state index contributed by atoms with van der Waals surface area (Å²) in [5.41, 5.74) is -7.10. The lowest BCUT2D eigenvalue weighted by Crippen LogP contribution is -2.86. The molecular weight excluding hydrogens is 462 g/mol. The summed E-state index contributed by atoms with van der Waals surface area (Å²) in [5.74, 6) is -1.62. The van der Waals surface area contributed by atoms with Crippen molar-refractivity contribution in [2.24, 2.45) is 16.7 Å². The molecule has 8 atom stereocenters. The van der Waals surface area contributed by atoms with E-state index in [-0.39, 0.29) is 12.8 Å². The molecule has 0 amide bonds. The lowest BCUT2D eigenvalue weighted by atomic mass is 9.40. The molecule has 8 heteroatoms. The number of carbonyl (C=O) groups excluding carboxylic acids is 2. The summed E-state index contributed by atoms with van der Waals surface area (Å²) >= 11 is 0. The van der Waals surface area contributed by atoms with Crippen molar-refractivity contribution >= 4 is 11.8 Å². The Kier molecular flexibility index (Phi) is 7.05. The van der Waals surface area contributed by atoms with Gasteiger partial charge in [-0.2, -0.15) is 0 Å². The molecule has 0 spiro atoms. The number of piperidine rings is 1. The van der Waals surface area contributed by atoms with Gasteiger partial charge in [0.2, 0.25) is 0 Å². The van der Waals surface area contributed by atoms with Gasteiger partial charge in [0.05, 0.1) is 18.1 Å². The zero-order valence-electron chi connectivity index (χ0n) is 22.6. The minimum atomic E-state index is -2.19. The van der Waals surface area contributed by atoms with E-state index in [1.54, 1.807) is 13.8 Å². The molecule has 0 aromatic heterocycles. The van der Waals surface area contributed by atoms with Crippen LogP contribution in [0, 0.1) is 16.7 Å². The Hall–Kier alpha value is -1.32. The molecule has 3 N–H and O–H groups in total. The zero-order valence-corrected chi connectivity index (χ0v) is 22.6. The van der Waals surface area contributed by atoms with Gasteiger partial charge in [0.1, 0.15) is 17.8 Å². The van der Waals surface area contributed by atoms with E-state index in [0.29, 0.717) is 19.4 Å². The van der Waals surface area contributed by atoms with Gasteiger partial charge in [-0.05, 0) is 58.0 Å². The van der Waals surface area contributed by atoms with E-state index in [9.17, 15) is 24.9 Å². The highest BCUT2D eigenvalue weighted by Gasteiger charge is 2.81. The molecule has 0 aromatic carbocycles. The highest BCUT2D eigenvalue weighted by Crippen LogP contribution is 2.67. The standard InChI is InChI=1S/C28H45NO7/c1-7-25(4)17-19(31)28(34)26(5)18(30)11-13-24(2,3)22(26)21(23(33)27(28,6)36-25)35-20(32)12-16-29-14-9-8-10-15-29/h7,18,21-23,30,33-34H,1,8-17H2,2-6H3/t18-,21-,22-,23-,25-,26-,27+,28-/m0/s1. The van der Waals surface area contributed by atoms with Crippen molar-refractivity contribution in [2.75, 3.05) is 19.6 Å². The van der Waals surface area contributed by atoms with E-state index in [4.69, 9.17) is 9.47 Å². The molecule has 4 fully saturated rings. The number of rotatable bonds is 5. The van der Waals surface area contributed by atoms with Crippen LogP contribution in [0.3, 0.4) is 0 Å². The maximum Gasteiger partial charge on any atom is 0.307 e. The van der Waals surface area contributed by atoms with Gasteiger partial charge in [0.15, 0.2) is 11.4 Å². The second kappa shape index (κ2) is 9.16. The number of aliphatic hydroxyl groups excluding tert-OH is 2. The Bertz CT molecular complexity index is 900. The molecular formula is C28H45NO7. The van der Waals surface area contributed by atoms with Crippen molar-refractivity contribution in [2.45, 2.75) is 115 Å². The number of Topliss-reactive ketones (excluding diaryl/α,β-unsaturated/α-hetero) is 1. The molecule has 204 valence electrons. The second-order valence-electron chi connectivity index (χ2n) is 12.9. The van der Waals surface area contributed by atoms with Gasteiger partial charge in [-0.15, -0.1) is 6.58 Å². The molecule has 2 saturated heterocycles. The lowest BCUT2D eigenvalue weighted by Gasteiger charge is -2.71. The van der Waals surface area contributed by atoms with Crippen molar-refractivity contribution in [3.8, 4) is 0 Å². The van der Waals surface area contributed by atoms with E-state index in [1.807, 2.05) is 13.8 Å². The Labute approximate surface area is 215 Å². The number of ether oxygens (including phenoxy) is 2. The van der Waals surface area contributed by atoms with Gasteiger partial charge in [-0.25, -0.2) is 0 Å². The van der Waals surface area contributed by atoms with Crippen molar-refractivity contribution < 1.29 is 34.4 Å².